The van der Waals surface area contributed by atoms with E-state index in [4.69, 9.17) is 27.9 Å². The highest BCUT2D eigenvalue weighted by atomic mass is 35.5. The van der Waals surface area contributed by atoms with E-state index in [1.165, 1.54) is 19.2 Å². The van der Waals surface area contributed by atoms with E-state index in [-0.39, 0.29) is 10.6 Å². The van der Waals surface area contributed by atoms with Gasteiger partial charge in [0.1, 0.15) is 18.1 Å². The number of thioether (sulfide) groups is 1. The second-order valence-electron chi connectivity index (χ2n) is 7.31. The van der Waals surface area contributed by atoms with Gasteiger partial charge in [0.15, 0.2) is 0 Å². The molecular weight excluding hydrogens is 534 g/mol. The molecule has 0 unspecified atom stereocenters. The van der Waals surface area contributed by atoms with Gasteiger partial charge < -0.3 is 10.1 Å². The van der Waals surface area contributed by atoms with Crippen molar-refractivity contribution in [3.05, 3.63) is 88.2 Å². The number of nitrogens with one attached hydrogen (secondary N) is 1. The average molecular weight is 557 g/mol. The summed E-state index contributed by atoms with van der Waals surface area (Å²) in [5.74, 6) is 0.803. The molecule has 0 aliphatic carbocycles. The molecule has 1 amide bonds. The lowest BCUT2D eigenvalue weighted by molar-refractivity contribution is -0.119. The Hall–Kier alpha value is -2.46. The Morgan fingerprint density at radius 1 is 1.03 bits per heavy atom. The fourth-order valence-electron chi connectivity index (χ4n) is 3.07. The van der Waals surface area contributed by atoms with Crippen molar-refractivity contribution in [3.8, 4) is 5.75 Å². The summed E-state index contributed by atoms with van der Waals surface area (Å²) in [6.07, 6.45) is 0. The van der Waals surface area contributed by atoms with Crippen LogP contribution in [0.2, 0.25) is 10.0 Å². The van der Waals surface area contributed by atoms with E-state index in [1.54, 1.807) is 48.2 Å². The lowest BCUT2D eigenvalue weighted by Gasteiger charge is -2.24. The first-order chi connectivity index (χ1) is 16.7. The van der Waals surface area contributed by atoms with Crippen molar-refractivity contribution in [3.63, 3.8) is 0 Å². The second-order valence-corrected chi connectivity index (χ2v) is 11.1. The molecule has 0 fully saturated rings. The molecule has 3 aromatic carbocycles. The zero-order valence-electron chi connectivity index (χ0n) is 18.7. The van der Waals surface area contributed by atoms with Crippen molar-refractivity contribution in [2.45, 2.75) is 10.6 Å². The maximum absolute atomic E-state index is 13.3. The molecule has 0 heterocycles. The van der Waals surface area contributed by atoms with Gasteiger partial charge in [0.25, 0.3) is 10.0 Å². The minimum atomic E-state index is -4.13. The zero-order valence-corrected chi connectivity index (χ0v) is 21.9. The Balaban J connectivity index is 1.64. The molecule has 0 aliphatic rings. The summed E-state index contributed by atoms with van der Waals surface area (Å²) >= 11 is 13.5. The molecule has 3 aromatic rings. The average Bonchev–Trinajstić information content (AvgIpc) is 2.85. The molecule has 0 aliphatic heterocycles. The first kappa shape index (κ1) is 27.1. The lowest BCUT2D eigenvalue weighted by atomic mass is 10.2. The molecule has 1 N–H and O–H groups in total. The standard InChI is InChI=1S/C24H23Cl2FN2O4S2/c1-33-20-7-5-19(6-8-20)29(35(31,32)21-9-3-18(27)4-10-21)15-24(30)28-12-13-34-16-17-2-11-22(25)23(26)14-17/h2-11,14H,12-13,15-16H2,1H3,(H,28,30). The topological polar surface area (TPSA) is 75.7 Å². The number of hydrogen-bond donors (Lipinski definition) is 1. The summed E-state index contributed by atoms with van der Waals surface area (Å²) in [7, 11) is -2.63. The van der Waals surface area contributed by atoms with Crippen LogP contribution in [-0.4, -0.2) is 40.3 Å². The summed E-state index contributed by atoms with van der Waals surface area (Å²) in [5.41, 5.74) is 1.28. The van der Waals surface area contributed by atoms with Gasteiger partial charge in [0, 0.05) is 18.1 Å². The molecule has 0 saturated heterocycles. The van der Waals surface area contributed by atoms with Crippen LogP contribution in [0.3, 0.4) is 0 Å². The minimum Gasteiger partial charge on any atom is -0.497 e. The van der Waals surface area contributed by atoms with Crippen LogP contribution in [0.25, 0.3) is 0 Å². The number of rotatable bonds is 11. The van der Waals surface area contributed by atoms with Crippen LogP contribution in [-0.2, 0) is 20.6 Å². The van der Waals surface area contributed by atoms with Gasteiger partial charge in [0.05, 0.1) is 27.7 Å². The van der Waals surface area contributed by atoms with E-state index >= 15 is 0 Å². The van der Waals surface area contributed by atoms with Crippen LogP contribution in [0.4, 0.5) is 10.1 Å². The van der Waals surface area contributed by atoms with Crippen molar-refractivity contribution in [1.29, 1.82) is 0 Å². The van der Waals surface area contributed by atoms with Crippen molar-refractivity contribution < 1.29 is 22.3 Å². The maximum atomic E-state index is 13.3. The second kappa shape index (κ2) is 12.5. The van der Waals surface area contributed by atoms with Crippen molar-refractivity contribution in [2.24, 2.45) is 0 Å². The van der Waals surface area contributed by atoms with Crippen molar-refractivity contribution in [2.75, 3.05) is 30.3 Å². The zero-order chi connectivity index (χ0) is 25.4. The van der Waals surface area contributed by atoms with Gasteiger partial charge in [-0.1, -0.05) is 29.3 Å². The van der Waals surface area contributed by atoms with Crippen LogP contribution in [0.5, 0.6) is 5.75 Å². The summed E-state index contributed by atoms with van der Waals surface area (Å²) in [4.78, 5) is 12.5. The van der Waals surface area contributed by atoms with Gasteiger partial charge in [-0.15, -0.1) is 0 Å². The Morgan fingerprint density at radius 2 is 1.71 bits per heavy atom. The first-order valence-corrected chi connectivity index (χ1v) is 13.8. The molecule has 11 heteroatoms. The maximum Gasteiger partial charge on any atom is 0.264 e. The van der Waals surface area contributed by atoms with E-state index < -0.39 is 28.3 Å². The van der Waals surface area contributed by atoms with Crippen molar-refractivity contribution >= 4 is 56.6 Å². The van der Waals surface area contributed by atoms with Crippen LogP contribution < -0.4 is 14.4 Å². The number of nitrogens with zero attached hydrogens (tertiary/aromatic N) is 1. The molecule has 186 valence electrons. The largest absolute Gasteiger partial charge is 0.497 e. The van der Waals surface area contributed by atoms with Gasteiger partial charge in [-0.2, -0.15) is 11.8 Å². The highest BCUT2D eigenvalue weighted by Gasteiger charge is 2.27. The summed E-state index contributed by atoms with van der Waals surface area (Å²) in [6.45, 7) is -0.0959. The van der Waals surface area contributed by atoms with E-state index in [0.717, 1.165) is 22.0 Å². The Kier molecular flexibility index (Phi) is 9.68. The normalized spacial score (nSPS) is 11.2. The van der Waals surface area contributed by atoms with E-state index in [2.05, 4.69) is 5.32 Å². The molecule has 0 spiro atoms. The van der Waals surface area contributed by atoms with Crippen LogP contribution in [0.1, 0.15) is 5.56 Å². The van der Waals surface area contributed by atoms with Gasteiger partial charge in [0.2, 0.25) is 5.91 Å². The number of methoxy groups -OCH3 is 1. The third-order valence-corrected chi connectivity index (χ3v) is 8.43. The number of amides is 1. The molecule has 3 rings (SSSR count). The van der Waals surface area contributed by atoms with E-state index in [1.807, 2.05) is 6.07 Å². The molecule has 0 radical (unpaired) electrons. The van der Waals surface area contributed by atoms with Crippen molar-refractivity contribution in [1.82, 2.24) is 5.32 Å². The molecule has 0 atom stereocenters. The van der Waals surface area contributed by atoms with E-state index in [0.29, 0.717) is 33.8 Å². The van der Waals surface area contributed by atoms with Gasteiger partial charge in [-0.3, -0.25) is 9.10 Å². The SMILES string of the molecule is COc1ccc(N(CC(=O)NCCSCc2ccc(Cl)c(Cl)c2)S(=O)(=O)c2ccc(F)cc2)cc1. The number of carbonyl (C=O) groups excluding carboxylic acids is 1. The summed E-state index contributed by atoms with van der Waals surface area (Å²) in [5, 5.41) is 3.72. The van der Waals surface area contributed by atoms with Gasteiger partial charge in [-0.25, -0.2) is 12.8 Å². The summed E-state index contributed by atoms with van der Waals surface area (Å²) in [6, 6.07) is 16.1. The molecular formula is C24H23Cl2FN2O4S2. The number of sulfonamides is 1. The number of ether oxygens (including phenoxy) is 1. The van der Waals surface area contributed by atoms with Gasteiger partial charge in [-0.05, 0) is 66.2 Å². The van der Waals surface area contributed by atoms with Crippen LogP contribution in [0, 0.1) is 5.82 Å². The Labute approximate surface area is 218 Å². The quantitative estimate of drug-likeness (QED) is 0.320. The fourth-order valence-corrected chi connectivity index (χ4v) is 5.61. The minimum absolute atomic E-state index is 0.125. The highest BCUT2D eigenvalue weighted by molar-refractivity contribution is 7.98. The predicted molar refractivity (Wildman–Crippen MR) is 140 cm³/mol. The monoisotopic (exact) mass is 556 g/mol. The highest BCUT2D eigenvalue weighted by Crippen LogP contribution is 2.26. The number of benzene rings is 3. The van der Waals surface area contributed by atoms with Gasteiger partial charge >= 0.3 is 0 Å². The lowest BCUT2D eigenvalue weighted by Crippen LogP contribution is -2.41. The molecule has 35 heavy (non-hydrogen) atoms. The van der Waals surface area contributed by atoms with E-state index in [9.17, 15) is 17.6 Å². The van der Waals surface area contributed by atoms with Crippen LogP contribution >= 0.6 is 35.0 Å². The number of carbonyl (C=O) groups is 1. The molecule has 6 nitrogen and oxygen atoms in total. The number of anilines is 1. The molecule has 0 bridgehead atoms. The third-order valence-electron chi connectivity index (χ3n) is 4.87. The molecule has 0 saturated carbocycles. The smallest absolute Gasteiger partial charge is 0.264 e. The number of halogens is 3. The fraction of sp³-hybridized carbons (Fsp3) is 0.208. The first-order valence-electron chi connectivity index (χ1n) is 10.4. The molecule has 0 aromatic heterocycles. The predicted octanol–water partition coefficient (Wildman–Crippen LogP) is 5.39. The van der Waals surface area contributed by atoms with Crippen LogP contribution in [0.15, 0.2) is 71.6 Å². The summed E-state index contributed by atoms with van der Waals surface area (Å²) < 4.78 is 46.0. The Morgan fingerprint density at radius 3 is 2.34 bits per heavy atom. The number of hydrogen-bond acceptors (Lipinski definition) is 5. The Bertz CT molecular complexity index is 1260. The third kappa shape index (κ3) is 7.51.